The van der Waals surface area contributed by atoms with Crippen LogP contribution in [-0.4, -0.2) is 178 Å². The number of cyclic esters (lactones) is 2. The fraction of sp³-hybridized carbons (Fsp3) is 0.737. The molecular formula is C57H89N7O14. The molecule has 436 valence electrons. The molecule has 4 N–H and O–H groups in total. The minimum atomic E-state index is -1.70. The van der Waals surface area contributed by atoms with Gasteiger partial charge in [-0.05, 0) is 114 Å². The molecule has 4 saturated heterocycles. The second kappa shape index (κ2) is 26.8. The average Bonchev–Trinajstić information content (AvgIpc) is 4.22. The van der Waals surface area contributed by atoms with Crippen LogP contribution in [0.3, 0.4) is 0 Å². The first-order valence-electron chi connectivity index (χ1n) is 28.0. The Kier molecular flexibility index (Phi) is 21.6. The lowest BCUT2D eigenvalue weighted by Gasteiger charge is -2.37. The fourth-order valence-electron chi connectivity index (χ4n) is 11.1. The van der Waals surface area contributed by atoms with Crippen molar-refractivity contribution in [3.8, 4) is 5.75 Å². The lowest BCUT2D eigenvalue weighted by molar-refractivity contribution is -0.162. The fourth-order valence-corrected chi connectivity index (χ4v) is 11.1. The summed E-state index contributed by atoms with van der Waals surface area (Å²) < 4.78 is 23.1. The maximum atomic E-state index is 15.1. The number of likely N-dealkylation sites (tertiary alicyclic amines) is 2. The number of esters is 2. The average molecular weight is 1100 g/mol. The smallest absolute Gasteiger partial charge is 0.411 e. The van der Waals surface area contributed by atoms with Crippen molar-refractivity contribution >= 4 is 53.5 Å². The highest BCUT2D eigenvalue weighted by Crippen LogP contribution is 2.41. The molecule has 4 aliphatic rings. The van der Waals surface area contributed by atoms with E-state index in [0.29, 0.717) is 37.0 Å². The van der Waals surface area contributed by atoms with Gasteiger partial charge in [-0.25, -0.2) is 9.59 Å². The Bertz CT molecular complexity index is 2320. The van der Waals surface area contributed by atoms with Gasteiger partial charge in [-0.1, -0.05) is 73.9 Å². The van der Waals surface area contributed by atoms with E-state index in [1.165, 1.54) is 40.7 Å². The van der Waals surface area contributed by atoms with Crippen molar-refractivity contribution in [1.82, 2.24) is 35.6 Å². The molecule has 5 rings (SSSR count). The summed E-state index contributed by atoms with van der Waals surface area (Å²) in [6, 6.07) is -0.716. The maximum absolute atomic E-state index is 15.1. The number of amides is 7. The summed E-state index contributed by atoms with van der Waals surface area (Å²) >= 11 is 0. The summed E-state index contributed by atoms with van der Waals surface area (Å²) in [6.45, 7) is 21.6. The third-order valence-corrected chi connectivity index (χ3v) is 15.5. The van der Waals surface area contributed by atoms with E-state index in [4.69, 9.17) is 18.9 Å². The van der Waals surface area contributed by atoms with Gasteiger partial charge in [0, 0.05) is 33.1 Å². The second-order valence-electron chi connectivity index (χ2n) is 24.0. The summed E-state index contributed by atoms with van der Waals surface area (Å²) in [5, 5.41) is 20.3. The standard InChI is InChI=1S/C57H89N7O14/c1-15-35(8)45-43(65)31-44(66)77-47(34(6)7)50(69)58-39(28-32(2)3)51(70)62-25-16-18-40(62)52(71)61(13)42(30-37-19-21-38(75-14)22-20-37)53(72)76-36(9)46(49(68)59-45)60-48(67)41(29-33(4)5)63-27-24-57(54(63)73)23-17-26-64(57)55(74)78-56(10,11)12/h19-22,32-36,39-43,45-47,65H,15-18,23-31H2,1-14H3,(H,58,69)(H,59,68)(H,60,67)/t35-,36+,39-,40-,41+,42-,43-,45+,46-,47-,57?/m0/s1. The topological polar surface area (TPSA) is 260 Å². The number of likely N-dealkylation sites (N-methyl/N-ethyl adjacent to an activating group) is 1. The summed E-state index contributed by atoms with van der Waals surface area (Å²) in [6.07, 6.45) is -3.34. The zero-order valence-corrected chi connectivity index (χ0v) is 48.6. The van der Waals surface area contributed by atoms with Gasteiger partial charge in [0.15, 0.2) is 6.10 Å². The molecule has 21 nitrogen and oxygen atoms in total. The molecule has 4 fully saturated rings. The number of fused-ring (bicyclic) bond motifs is 1. The number of aliphatic hydroxyl groups is 1. The maximum Gasteiger partial charge on any atom is 0.411 e. The quantitative estimate of drug-likeness (QED) is 0.159. The molecule has 1 unspecified atom stereocenters. The van der Waals surface area contributed by atoms with E-state index in [1.807, 2.05) is 34.6 Å². The van der Waals surface area contributed by atoms with Gasteiger partial charge in [0.05, 0.1) is 25.7 Å². The first-order chi connectivity index (χ1) is 36.5. The first kappa shape index (κ1) is 62.8. The van der Waals surface area contributed by atoms with E-state index in [2.05, 4.69) is 16.0 Å². The zero-order chi connectivity index (χ0) is 58.1. The Labute approximate surface area is 460 Å². The molecule has 78 heavy (non-hydrogen) atoms. The second-order valence-corrected chi connectivity index (χ2v) is 24.0. The van der Waals surface area contributed by atoms with Gasteiger partial charge in [-0.2, -0.15) is 0 Å². The van der Waals surface area contributed by atoms with Crippen LogP contribution in [0.4, 0.5) is 4.79 Å². The van der Waals surface area contributed by atoms with Gasteiger partial charge in [-0.15, -0.1) is 0 Å². The summed E-state index contributed by atoms with van der Waals surface area (Å²) in [7, 11) is 2.94. The van der Waals surface area contributed by atoms with Crippen molar-refractivity contribution in [2.75, 3.05) is 33.8 Å². The van der Waals surface area contributed by atoms with Crippen molar-refractivity contribution in [3.05, 3.63) is 29.8 Å². The van der Waals surface area contributed by atoms with Crippen LogP contribution in [0.5, 0.6) is 5.75 Å². The number of nitrogens with zero attached hydrogens (tertiary/aromatic N) is 4. The molecule has 11 atom stereocenters. The first-order valence-corrected chi connectivity index (χ1v) is 28.0. The predicted molar refractivity (Wildman–Crippen MR) is 288 cm³/mol. The number of carbonyl (C=O) groups is 9. The molecule has 0 radical (unpaired) electrons. The van der Waals surface area contributed by atoms with Crippen molar-refractivity contribution in [3.63, 3.8) is 0 Å². The number of nitrogens with one attached hydrogen (secondary N) is 3. The molecule has 0 bridgehead atoms. The van der Waals surface area contributed by atoms with Crippen LogP contribution in [0.2, 0.25) is 0 Å². The third-order valence-electron chi connectivity index (χ3n) is 15.5. The molecule has 1 aromatic rings. The predicted octanol–water partition coefficient (Wildman–Crippen LogP) is 4.28. The van der Waals surface area contributed by atoms with Crippen LogP contribution in [0.1, 0.15) is 146 Å². The molecule has 1 aromatic carbocycles. The SMILES string of the molecule is CC[C@H](C)[C@H]1NC(=O)[C@@H](NC(=O)[C@@H](CC(C)C)N2CCC3(CCCN3C(=O)OC(C)(C)C)C2=O)[C@@H](C)OC(=O)[C@H](Cc2ccc(OC)cc2)N(C)C(=O)[C@@H]2CCCN2C(=O)[C@H](CC(C)C)NC(=O)[C@H](C(C)C)OC(=O)C[C@@H]1O. The van der Waals surface area contributed by atoms with E-state index in [0.717, 1.165) is 0 Å². The highest BCUT2D eigenvalue weighted by Gasteiger charge is 2.58. The summed E-state index contributed by atoms with van der Waals surface area (Å²) in [5.41, 5.74) is -1.48. The van der Waals surface area contributed by atoms with Crippen molar-refractivity contribution in [1.29, 1.82) is 0 Å². The zero-order valence-electron chi connectivity index (χ0n) is 48.6. The number of carbonyl (C=O) groups excluding carboxylic acids is 9. The largest absolute Gasteiger partial charge is 0.497 e. The van der Waals surface area contributed by atoms with Crippen molar-refractivity contribution in [2.24, 2.45) is 23.7 Å². The van der Waals surface area contributed by atoms with Gasteiger partial charge < -0.3 is 54.7 Å². The Balaban J connectivity index is 1.60. The van der Waals surface area contributed by atoms with Crippen LogP contribution >= 0.6 is 0 Å². The van der Waals surface area contributed by atoms with E-state index in [9.17, 15) is 38.7 Å². The molecule has 0 saturated carbocycles. The molecule has 1 spiro atoms. The lowest BCUT2D eigenvalue weighted by atomic mass is 9.92. The lowest BCUT2D eigenvalue weighted by Crippen LogP contribution is -2.62. The van der Waals surface area contributed by atoms with Crippen LogP contribution in [0.25, 0.3) is 0 Å². The van der Waals surface area contributed by atoms with Crippen LogP contribution in [0.15, 0.2) is 24.3 Å². The molecule has 4 heterocycles. The number of aliphatic hydroxyl groups excluding tert-OH is 1. The van der Waals surface area contributed by atoms with Gasteiger partial charge in [0.1, 0.15) is 53.2 Å². The Hall–Kier alpha value is -5.99. The van der Waals surface area contributed by atoms with Gasteiger partial charge in [-0.3, -0.25) is 38.5 Å². The van der Waals surface area contributed by atoms with Crippen LogP contribution in [0, 0.1) is 23.7 Å². The highest BCUT2D eigenvalue weighted by molar-refractivity contribution is 5.98. The molecule has 21 heteroatoms. The number of ether oxygens (including phenoxy) is 4. The summed E-state index contributed by atoms with van der Waals surface area (Å²) in [4.78, 5) is 136. The van der Waals surface area contributed by atoms with Gasteiger partial charge in [0.2, 0.25) is 29.5 Å². The van der Waals surface area contributed by atoms with Gasteiger partial charge in [0.25, 0.3) is 5.91 Å². The minimum absolute atomic E-state index is 0.0871. The molecule has 7 amide bonds. The minimum Gasteiger partial charge on any atom is -0.497 e. The monoisotopic (exact) mass is 1100 g/mol. The summed E-state index contributed by atoms with van der Waals surface area (Å²) in [5.74, 6) is -6.66. The van der Waals surface area contributed by atoms with E-state index in [1.54, 1.807) is 65.8 Å². The van der Waals surface area contributed by atoms with Gasteiger partial charge >= 0.3 is 18.0 Å². The Morgan fingerprint density at radius 2 is 1.54 bits per heavy atom. The van der Waals surface area contributed by atoms with Crippen molar-refractivity contribution < 1.29 is 67.2 Å². The molecule has 4 aliphatic heterocycles. The highest BCUT2D eigenvalue weighted by atomic mass is 16.6. The molecule has 0 aromatic heterocycles. The molecular weight excluding hydrogens is 1010 g/mol. The van der Waals surface area contributed by atoms with Crippen molar-refractivity contribution in [2.45, 2.75) is 213 Å². The molecule has 0 aliphatic carbocycles. The van der Waals surface area contributed by atoms with E-state index >= 15 is 9.59 Å². The van der Waals surface area contributed by atoms with E-state index in [-0.39, 0.29) is 63.6 Å². The number of benzene rings is 1. The van der Waals surface area contributed by atoms with Crippen LogP contribution in [-0.2, 0) is 59.0 Å². The Morgan fingerprint density at radius 1 is 0.872 bits per heavy atom. The third kappa shape index (κ3) is 15.2. The van der Waals surface area contributed by atoms with E-state index < -0.39 is 137 Å². The number of rotatable bonds is 13. The number of hydrogen-bond acceptors (Lipinski definition) is 14. The van der Waals surface area contributed by atoms with Crippen LogP contribution < -0.4 is 20.7 Å². The number of hydrogen-bond donors (Lipinski definition) is 4. The number of methoxy groups -OCH3 is 1. The Morgan fingerprint density at radius 3 is 2.13 bits per heavy atom. The normalized spacial score (nSPS) is 28.3.